The van der Waals surface area contributed by atoms with Crippen LogP contribution >= 0.6 is 23.2 Å². The van der Waals surface area contributed by atoms with Crippen LogP contribution in [0.3, 0.4) is 0 Å². The first-order valence-electron chi connectivity index (χ1n) is 7.85. The highest BCUT2D eigenvalue weighted by Crippen LogP contribution is 2.30. The highest BCUT2D eigenvalue weighted by molar-refractivity contribution is 6.42. The molecule has 128 valence electrons. The fraction of sp³-hybridized carbons (Fsp3) is 0.588. The Bertz CT molecular complexity index is 572. The van der Waals surface area contributed by atoms with Crippen LogP contribution in [-0.2, 0) is 4.74 Å². The van der Waals surface area contributed by atoms with E-state index in [0.717, 1.165) is 12.0 Å². The fourth-order valence-electron chi connectivity index (χ4n) is 2.69. The molecular formula is C17H24Cl2N2O2. The second-order valence-corrected chi connectivity index (χ2v) is 7.73. The first-order chi connectivity index (χ1) is 10.7. The van der Waals surface area contributed by atoms with Gasteiger partial charge in [-0.1, -0.05) is 35.3 Å². The Hall–Kier alpha value is -0.970. The number of carbonyl (C=O) groups excluding carboxylic acids is 1. The van der Waals surface area contributed by atoms with Gasteiger partial charge >= 0.3 is 6.09 Å². The third-order valence-corrected chi connectivity index (χ3v) is 4.61. The quantitative estimate of drug-likeness (QED) is 0.854. The van der Waals surface area contributed by atoms with Crippen molar-refractivity contribution in [2.45, 2.75) is 51.8 Å². The van der Waals surface area contributed by atoms with Crippen molar-refractivity contribution in [3.63, 3.8) is 0 Å². The van der Waals surface area contributed by atoms with E-state index in [-0.39, 0.29) is 18.2 Å². The van der Waals surface area contributed by atoms with Crippen molar-refractivity contribution in [1.82, 2.24) is 10.2 Å². The molecule has 2 atom stereocenters. The number of amides is 1. The Labute approximate surface area is 148 Å². The van der Waals surface area contributed by atoms with Gasteiger partial charge in [0.1, 0.15) is 5.60 Å². The molecule has 4 nitrogen and oxygen atoms in total. The highest BCUT2D eigenvalue weighted by Gasteiger charge is 2.30. The molecule has 6 heteroatoms. The molecule has 1 heterocycles. The van der Waals surface area contributed by atoms with E-state index in [1.54, 1.807) is 11.0 Å². The first-order valence-corrected chi connectivity index (χ1v) is 8.61. The lowest BCUT2D eigenvalue weighted by Gasteiger charge is -2.25. The first kappa shape index (κ1) is 18.4. The molecule has 1 N–H and O–H groups in total. The Morgan fingerprint density at radius 3 is 2.74 bits per heavy atom. The van der Waals surface area contributed by atoms with E-state index in [1.807, 2.05) is 39.8 Å². The summed E-state index contributed by atoms with van der Waals surface area (Å²) in [5, 5.41) is 4.65. The summed E-state index contributed by atoms with van der Waals surface area (Å²) in [6.07, 6.45) is 0.636. The summed E-state index contributed by atoms with van der Waals surface area (Å²) in [7, 11) is 0. The zero-order chi connectivity index (χ0) is 17.2. The summed E-state index contributed by atoms with van der Waals surface area (Å²) in [6, 6.07) is 5.91. The number of carbonyl (C=O) groups is 1. The Morgan fingerprint density at radius 2 is 2.09 bits per heavy atom. The van der Waals surface area contributed by atoms with E-state index in [0.29, 0.717) is 23.1 Å². The third-order valence-electron chi connectivity index (χ3n) is 3.77. The van der Waals surface area contributed by atoms with Crippen LogP contribution in [-0.4, -0.2) is 35.7 Å². The minimum absolute atomic E-state index is 0.0600. The average Bonchev–Trinajstić information content (AvgIpc) is 2.88. The Morgan fingerprint density at radius 1 is 1.39 bits per heavy atom. The molecule has 1 aliphatic heterocycles. The van der Waals surface area contributed by atoms with E-state index >= 15 is 0 Å². The SMILES string of the molecule is CC(NC1CCN(C(=O)OC(C)(C)C)C1)c1cccc(Cl)c1Cl. The van der Waals surface area contributed by atoms with Crippen molar-refractivity contribution >= 4 is 29.3 Å². The second-order valence-electron chi connectivity index (χ2n) is 6.94. The van der Waals surface area contributed by atoms with Gasteiger partial charge in [0.15, 0.2) is 0 Å². The van der Waals surface area contributed by atoms with Crippen molar-refractivity contribution in [1.29, 1.82) is 0 Å². The Balaban J connectivity index is 1.92. The molecule has 1 aromatic rings. The predicted octanol–water partition coefficient (Wildman–Crippen LogP) is 4.65. The molecule has 1 amide bonds. The van der Waals surface area contributed by atoms with Gasteiger partial charge in [-0.05, 0) is 45.7 Å². The molecule has 0 radical (unpaired) electrons. The van der Waals surface area contributed by atoms with Gasteiger partial charge in [-0.3, -0.25) is 0 Å². The zero-order valence-electron chi connectivity index (χ0n) is 14.0. The molecule has 1 aromatic carbocycles. The summed E-state index contributed by atoms with van der Waals surface area (Å²) in [5.41, 5.74) is 0.499. The minimum Gasteiger partial charge on any atom is -0.444 e. The molecule has 1 saturated heterocycles. The van der Waals surface area contributed by atoms with Gasteiger partial charge in [0.05, 0.1) is 10.0 Å². The van der Waals surface area contributed by atoms with Gasteiger partial charge in [-0.2, -0.15) is 0 Å². The Kier molecular flexibility index (Phi) is 5.82. The zero-order valence-corrected chi connectivity index (χ0v) is 15.5. The van der Waals surface area contributed by atoms with Gasteiger partial charge in [-0.15, -0.1) is 0 Å². The van der Waals surface area contributed by atoms with E-state index in [4.69, 9.17) is 27.9 Å². The monoisotopic (exact) mass is 358 g/mol. The molecule has 0 spiro atoms. The maximum absolute atomic E-state index is 12.1. The maximum atomic E-state index is 12.1. The molecular weight excluding hydrogens is 335 g/mol. The molecule has 0 aliphatic carbocycles. The largest absolute Gasteiger partial charge is 0.444 e. The molecule has 2 rings (SSSR count). The molecule has 1 aliphatic rings. The van der Waals surface area contributed by atoms with Crippen molar-refractivity contribution in [2.75, 3.05) is 13.1 Å². The predicted molar refractivity (Wildman–Crippen MR) is 94.2 cm³/mol. The molecule has 0 saturated carbocycles. The van der Waals surface area contributed by atoms with Gasteiger partial charge in [0, 0.05) is 25.2 Å². The van der Waals surface area contributed by atoms with Gasteiger partial charge < -0.3 is 15.0 Å². The van der Waals surface area contributed by atoms with Gasteiger partial charge in [-0.25, -0.2) is 4.79 Å². The smallest absolute Gasteiger partial charge is 0.410 e. The normalized spacial score (nSPS) is 19.7. The topological polar surface area (TPSA) is 41.6 Å². The highest BCUT2D eigenvalue weighted by atomic mass is 35.5. The van der Waals surface area contributed by atoms with Gasteiger partial charge in [0.2, 0.25) is 0 Å². The number of rotatable bonds is 3. The van der Waals surface area contributed by atoms with Crippen molar-refractivity contribution < 1.29 is 9.53 Å². The van der Waals surface area contributed by atoms with Crippen LogP contribution in [0.5, 0.6) is 0 Å². The molecule has 23 heavy (non-hydrogen) atoms. The maximum Gasteiger partial charge on any atom is 0.410 e. The lowest BCUT2D eigenvalue weighted by Crippen LogP contribution is -2.39. The van der Waals surface area contributed by atoms with E-state index in [2.05, 4.69) is 5.32 Å². The van der Waals surface area contributed by atoms with Crippen molar-refractivity contribution in [3.8, 4) is 0 Å². The summed E-state index contributed by atoms with van der Waals surface area (Å²) >= 11 is 12.3. The van der Waals surface area contributed by atoms with E-state index in [9.17, 15) is 4.79 Å². The number of hydrogen-bond acceptors (Lipinski definition) is 3. The van der Waals surface area contributed by atoms with E-state index in [1.165, 1.54) is 0 Å². The van der Waals surface area contributed by atoms with Crippen molar-refractivity contribution in [2.24, 2.45) is 0 Å². The lowest BCUT2D eigenvalue weighted by molar-refractivity contribution is 0.0290. The van der Waals surface area contributed by atoms with Crippen LogP contribution in [0.4, 0.5) is 4.79 Å². The number of ether oxygens (including phenoxy) is 1. The van der Waals surface area contributed by atoms with Crippen LogP contribution in [0.15, 0.2) is 18.2 Å². The van der Waals surface area contributed by atoms with E-state index < -0.39 is 5.60 Å². The number of halogens is 2. The standard InChI is InChI=1S/C17H24Cl2N2O2/c1-11(13-6-5-7-14(18)15(13)19)20-12-8-9-21(10-12)16(22)23-17(2,3)4/h5-7,11-12,20H,8-10H2,1-4H3. The van der Waals surface area contributed by atoms with Crippen LogP contribution in [0.25, 0.3) is 0 Å². The molecule has 2 unspecified atom stereocenters. The number of hydrogen-bond donors (Lipinski definition) is 1. The molecule has 0 bridgehead atoms. The second kappa shape index (κ2) is 7.29. The van der Waals surface area contributed by atoms with Crippen molar-refractivity contribution in [3.05, 3.63) is 33.8 Å². The average molecular weight is 359 g/mol. The van der Waals surface area contributed by atoms with Crippen LogP contribution in [0.2, 0.25) is 10.0 Å². The summed E-state index contributed by atoms with van der Waals surface area (Å²) in [6.45, 7) is 9.01. The van der Waals surface area contributed by atoms with Crippen LogP contribution in [0, 0.1) is 0 Å². The summed E-state index contributed by atoms with van der Waals surface area (Å²) < 4.78 is 5.42. The number of benzene rings is 1. The molecule has 1 fully saturated rings. The van der Waals surface area contributed by atoms with Crippen LogP contribution < -0.4 is 5.32 Å². The minimum atomic E-state index is -0.468. The number of likely N-dealkylation sites (tertiary alicyclic amines) is 1. The fourth-order valence-corrected chi connectivity index (χ4v) is 3.16. The van der Waals surface area contributed by atoms with Crippen LogP contribution in [0.1, 0.15) is 45.7 Å². The summed E-state index contributed by atoms with van der Waals surface area (Å²) in [4.78, 5) is 13.8. The van der Waals surface area contributed by atoms with Gasteiger partial charge in [0.25, 0.3) is 0 Å². The molecule has 0 aromatic heterocycles. The number of nitrogens with zero attached hydrogens (tertiary/aromatic N) is 1. The number of nitrogens with one attached hydrogen (secondary N) is 1. The summed E-state index contributed by atoms with van der Waals surface area (Å²) in [5.74, 6) is 0. The lowest BCUT2D eigenvalue weighted by atomic mass is 10.1. The third kappa shape index (κ3) is 5.00.